The van der Waals surface area contributed by atoms with Crippen LogP contribution in [-0.4, -0.2) is 49.0 Å². The molecule has 0 saturated carbocycles. The maximum Gasteiger partial charge on any atom is 0.217 e. The van der Waals surface area contributed by atoms with Crippen molar-refractivity contribution in [2.24, 2.45) is 0 Å². The molecule has 2 atom stereocenters. The molecule has 1 saturated heterocycles. The highest BCUT2D eigenvalue weighted by atomic mass is 19.1. The van der Waals surface area contributed by atoms with Crippen LogP contribution in [0.2, 0.25) is 0 Å². The summed E-state index contributed by atoms with van der Waals surface area (Å²) in [6.07, 6.45) is 0.535. The van der Waals surface area contributed by atoms with Crippen LogP contribution < -0.4 is 15.4 Å². The summed E-state index contributed by atoms with van der Waals surface area (Å²) in [5.74, 6) is -0.965. The quantitative estimate of drug-likeness (QED) is 0.490. The summed E-state index contributed by atoms with van der Waals surface area (Å²) in [5, 5.41) is 17.2. The van der Waals surface area contributed by atoms with Crippen LogP contribution >= 0.6 is 0 Å². The van der Waals surface area contributed by atoms with Crippen molar-refractivity contribution in [1.29, 1.82) is 0 Å². The van der Waals surface area contributed by atoms with Gasteiger partial charge in [-0.3, -0.25) is 4.79 Å². The summed E-state index contributed by atoms with van der Waals surface area (Å²) in [4.78, 5) is 11.8. The summed E-state index contributed by atoms with van der Waals surface area (Å²) in [6.45, 7) is 6.58. The Morgan fingerprint density at radius 1 is 1.15 bits per heavy atom. The second-order valence-electron chi connectivity index (χ2n) is 9.13. The van der Waals surface area contributed by atoms with Crippen LogP contribution in [0.4, 0.5) is 8.78 Å². The second-order valence-corrected chi connectivity index (χ2v) is 9.13. The third-order valence-electron chi connectivity index (χ3n) is 5.99. The number of halogens is 2. The number of hydrogen-bond donors (Lipinski definition) is 3. The monoisotopic (exact) mass is 476 g/mol. The standard InChI is InChI=1S/C26H34F2N2O4/c1-17(2)34-23-6-4-5-20(14-23)26(7-9-33-10-8-26)29-16-25(32)24(30-18(3)31)13-19-11-21(27)15-22(28)12-19/h4-6,11-12,14-15,17,24-25,29,32H,7-10,13,16H2,1-3H3,(H,30,31)/t24-,25+/m0/s1. The molecule has 1 amide bonds. The topological polar surface area (TPSA) is 79.8 Å². The molecule has 3 N–H and O–H groups in total. The number of amides is 1. The minimum Gasteiger partial charge on any atom is -0.491 e. The zero-order chi connectivity index (χ0) is 24.7. The van der Waals surface area contributed by atoms with Crippen LogP contribution in [0.3, 0.4) is 0 Å². The summed E-state index contributed by atoms with van der Waals surface area (Å²) in [6, 6.07) is 10.4. The summed E-state index contributed by atoms with van der Waals surface area (Å²) in [5.41, 5.74) is 0.945. The molecule has 1 aliphatic heterocycles. The third-order valence-corrected chi connectivity index (χ3v) is 5.99. The Bertz CT molecular complexity index is 943. The zero-order valence-corrected chi connectivity index (χ0v) is 19.9. The van der Waals surface area contributed by atoms with Gasteiger partial charge in [0.1, 0.15) is 17.4 Å². The minimum absolute atomic E-state index is 0.0433. The fraction of sp³-hybridized carbons (Fsp3) is 0.500. The van der Waals surface area contributed by atoms with E-state index >= 15 is 0 Å². The number of hydrogen-bond acceptors (Lipinski definition) is 5. The van der Waals surface area contributed by atoms with Crippen LogP contribution in [0.25, 0.3) is 0 Å². The molecule has 0 bridgehead atoms. The Hall–Kier alpha value is -2.55. The van der Waals surface area contributed by atoms with Gasteiger partial charge >= 0.3 is 0 Å². The van der Waals surface area contributed by atoms with E-state index in [1.807, 2.05) is 38.1 Å². The lowest BCUT2D eigenvalue weighted by atomic mass is 9.82. The number of benzene rings is 2. The van der Waals surface area contributed by atoms with Gasteiger partial charge in [0.2, 0.25) is 5.91 Å². The van der Waals surface area contributed by atoms with Gasteiger partial charge in [0.05, 0.1) is 18.2 Å². The largest absolute Gasteiger partial charge is 0.491 e. The molecule has 0 aromatic heterocycles. The maximum absolute atomic E-state index is 13.7. The number of nitrogens with one attached hydrogen (secondary N) is 2. The van der Waals surface area contributed by atoms with Gasteiger partial charge < -0.3 is 25.2 Å². The fourth-order valence-electron chi connectivity index (χ4n) is 4.40. The molecule has 186 valence electrons. The van der Waals surface area contributed by atoms with Crippen molar-refractivity contribution in [1.82, 2.24) is 10.6 Å². The predicted molar refractivity (Wildman–Crippen MR) is 126 cm³/mol. The first kappa shape index (κ1) is 26.1. The van der Waals surface area contributed by atoms with Crippen molar-refractivity contribution in [2.75, 3.05) is 19.8 Å². The first-order chi connectivity index (χ1) is 16.2. The van der Waals surface area contributed by atoms with Crippen molar-refractivity contribution in [3.05, 3.63) is 65.2 Å². The zero-order valence-electron chi connectivity index (χ0n) is 19.9. The van der Waals surface area contributed by atoms with Gasteiger partial charge in [-0.1, -0.05) is 12.1 Å². The Morgan fingerprint density at radius 2 is 1.82 bits per heavy atom. The average molecular weight is 477 g/mol. The predicted octanol–water partition coefficient (Wildman–Crippen LogP) is 3.46. The van der Waals surface area contributed by atoms with Gasteiger partial charge in [0.25, 0.3) is 0 Å². The highest BCUT2D eigenvalue weighted by Crippen LogP contribution is 2.34. The normalized spacial score (nSPS) is 17.3. The molecule has 3 rings (SSSR count). The van der Waals surface area contributed by atoms with E-state index in [2.05, 4.69) is 10.6 Å². The van der Waals surface area contributed by atoms with Gasteiger partial charge in [0, 0.05) is 38.3 Å². The molecule has 0 aliphatic carbocycles. The molecular formula is C26H34F2N2O4. The van der Waals surface area contributed by atoms with Gasteiger partial charge in [0.15, 0.2) is 0 Å². The van der Waals surface area contributed by atoms with Crippen molar-refractivity contribution in [3.8, 4) is 5.75 Å². The Kier molecular flexibility index (Phi) is 8.99. The molecular weight excluding hydrogens is 442 g/mol. The first-order valence-corrected chi connectivity index (χ1v) is 11.7. The van der Waals surface area contributed by atoms with Gasteiger partial charge in [-0.05, 0) is 68.5 Å². The van der Waals surface area contributed by atoms with Crippen molar-refractivity contribution in [3.63, 3.8) is 0 Å². The Labute approximate surface area is 199 Å². The lowest BCUT2D eigenvalue weighted by Crippen LogP contribution is -2.54. The molecule has 2 aromatic rings. The van der Waals surface area contributed by atoms with E-state index < -0.39 is 29.3 Å². The highest BCUT2D eigenvalue weighted by molar-refractivity contribution is 5.73. The number of aliphatic hydroxyl groups excluding tert-OH is 1. The lowest BCUT2D eigenvalue weighted by molar-refractivity contribution is -0.120. The number of rotatable bonds is 10. The molecule has 34 heavy (non-hydrogen) atoms. The fourth-order valence-corrected chi connectivity index (χ4v) is 4.40. The van der Waals surface area contributed by atoms with Crippen molar-refractivity contribution >= 4 is 5.91 Å². The SMILES string of the molecule is CC(=O)N[C@@H](Cc1cc(F)cc(F)c1)[C@H](O)CNC1(c2cccc(OC(C)C)c2)CCOCC1. The smallest absolute Gasteiger partial charge is 0.217 e. The third kappa shape index (κ3) is 7.22. The van der Waals surface area contributed by atoms with Crippen LogP contribution in [0.5, 0.6) is 5.75 Å². The molecule has 1 aliphatic rings. The number of aliphatic hydroxyl groups is 1. The summed E-state index contributed by atoms with van der Waals surface area (Å²) < 4.78 is 38.8. The number of ether oxygens (including phenoxy) is 2. The van der Waals surface area contributed by atoms with Crippen molar-refractivity contribution < 1.29 is 28.2 Å². The van der Waals surface area contributed by atoms with E-state index in [0.717, 1.165) is 17.4 Å². The molecule has 1 fully saturated rings. The minimum atomic E-state index is -0.995. The van der Waals surface area contributed by atoms with E-state index in [0.29, 0.717) is 31.6 Å². The highest BCUT2D eigenvalue weighted by Gasteiger charge is 2.35. The molecule has 8 heteroatoms. The molecule has 2 aromatic carbocycles. The Morgan fingerprint density at radius 3 is 2.44 bits per heavy atom. The van der Waals surface area contributed by atoms with E-state index in [1.54, 1.807) is 0 Å². The van der Waals surface area contributed by atoms with Crippen LogP contribution in [-0.2, 0) is 21.5 Å². The average Bonchev–Trinajstić information content (AvgIpc) is 2.76. The van der Waals surface area contributed by atoms with E-state index in [-0.39, 0.29) is 25.0 Å². The second kappa shape index (κ2) is 11.7. The summed E-state index contributed by atoms with van der Waals surface area (Å²) in [7, 11) is 0. The van der Waals surface area contributed by atoms with Crippen LogP contribution in [0.15, 0.2) is 42.5 Å². The first-order valence-electron chi connectivity index (χ1n) is 11.7. The lowest BCUT2D eigenvalue weighted by Gasteiger charge is -2.40. The van der Waals surface area contributed by atoms with E-state index in [4.69, 9.17) is 9.47 Å². The van der Waals surface area contributed by atoms with Gasteiger partial charge in [-0.2, -0.15) is 0 Å². The molecule has 6 nitrogen and oxygen atoms in total. The molecule has 0 radical (unpaired) electrons. The number of carbonyl (C=O) groups is 1. The number of carbonyl (C=O) groups excluding carboxylic acids is 1. The van der Waals surface area contributed by atoms with Crippen LogP contribution in [0, 0.1) is 11.6 Å². The molecule has 0 unspecified atom stereocenters. The van der Waals surface area contributed by atoms with Gasteiger partial charge in [-0.15, -0.1) is 0 Å². The summed E-state index contributed by atoms with van der Waals surface area (Å²) >= 11 is 0. The van der Waals surface area contributed by atoms with Crippen LogP contribution in [0.1, 0.15) is 44.7 Å². The van der Waals surface area contributed by atoms with Crippen molar-refractivity contribution in [2.45, 2.75) is 63.8 Å². The molecule has 1 heterocycles. The van der Waals surface area contributed by atoms with E-state index in [1.165, 1.54) is 19.1 Å². The molecule has 0 spiro atoms. The maximum atomic E-state index is 13.7. The Balaban J connectivity index is 1.78. The van der Waals surface area contributed by atoms with E-state index in [9.17, 15) is 18.7 Å². The van der Waals surface area contributed by atoms with Gasteiger partial charge in [-0.25, -0.2) is 8.78 Å².